The van der Waals surface area contributed by atoms with Crippen molar-refractivity contribution in [2.45, 2.75) is 20.8 Å². The molecular weight excluding hydrogens is 160 g/mol. The number of allylic oxidation sites excluding steroid dienone is 3. The fraction of sp³-hybridized carbons (Fsp3) is 0.273. The van der Waals surface area contributed by atoms with Crippen LogP contribution in [0.15, 0.2) is 47.6 Å². The molecule has 0 radical (unpaired) electrons. The summed E-state index contributed by atoms with van der Waals surface area (Å²) in [7, 11) is -1.55. The molecule has 0 N–H and O–H groups in total. The molecule has 0 saturated carbocycles. The second-order valence-electron chi connectivity index (χ2n) is 2.70. The monoisotopic (exact) mass is 178 g/mol. The van der Waals surface area contributed by atoms with Gasteiger partial charge in [-0.05, 0) is 20.8 Å². The Morgan fingerprint density at radius 3 is 1.33 bits per heavy atom. The first-order valence-corrected chi connectivity index (χ1v) is 6.60. The summed E-state index contributed by atoms with van der Waals surface area (Å²) in [4.78, 5) is 0. The van der Waals surface area contributed by atoms with Crippen LogP contribution in [0.25, 0.3) is 0 Å². The molecule has 0 aromatic rings. The molecule has 0 aliphatic rings. The van der Waals surface area contributed by atoms with Gasteiger partial charge in [-0.3, -0.25) is 0 Å². The van der Waals surface area contributed by atoms with Crippen LogP contribution < -0.4 is 0 Å². The maximum atomic E-state index is 3.90. The van der Waals surface area contributed by atoms with Gasteiger partial charge >= 0.3 is 0 Å². The zero-order valence-electron chi connectivity index (χ0n) is 8.25. The van der Waals surface area contributed by atoms with Crippen LogP contribution in [0.4, 0.5) is 0 Å². The number of hydrogen-bond donors (Lipinski definition) is 0. The maximum Gasteiger partial charge on any atom is 0.149 e. The maximum absolute atomic E-state index is 3.90. The van der Waals surface area contributed by atoms with E-state index in [2.05, 4.69) is 68.4 Å². The largest absolute Gasteiger partial charge is 0.149 e. The van der Waals surface area contributed by atoms with Gasteiger partial charge in [-0.25, -0.2) is 0 Å². The SMILES string of the molecule is C=C[Si](/C=C\C)(/C=C\C)/C=C\C. The van der Waals surface area contributed by atoms with Gasteiger partial charge in [0.2, 0.25) is 0 Å². The third-order valence-corrected chi connectivity index (χ3v) is 5.16. The van der Waals surface area contributed by atoms with Gasteiger partial charge < -0.3 is 0 Å². The van der Waals surface area contributed by atoms with Crippen molar-refractivity contribution in [3.63, 3.8) is 0 Å². The fourth-order valence-electron chi connectivity index (χ4n) is 1.24. The molecule has 0 aliphatic carbocycles. The minimum atomic E-state index is -1.55. The van der Waals surface area contributed by atoms with Crippen LogP contribution in [0.3, 0.4) is 0 Å². The van der Waals surface area contributed by atoms with Gasteiger partial charge in [0, 0.05) is 0 Å². The zero-order chi connectivity index (χ0) is 9.45. The first-order chi connectivity index (χ1) is 5.74. The van der Waals surface area contributed by atoms with E-state index in [0.29, 0.717) is 0 Å². The molecule has 1 heteroatoms. The Labute approximate surface area is 77.0 Å². The van der Waals surface area contributed by atoms with E-state index in [1.807, 2.05) is 0 Å². The van der Waals surface area contributed by atoms with Crippen LogP contribution in [0.5, 0.6) is 0 Å². The van der Waals surface area contributed by atoms with Gasteiger partial charge in [0.25, 0.3) is 0 Å². The van der Waals surface area contributed by atoms with Crippen LogP contribution in [-0.4, -0.2) is 8.07 Å². The topological polar surface area (TPSA) is 0 Å². The molecule has 12 heavy (non-hydrogen) atoms. The number of rotatable bonds is 4. The quantitative estimate of drug-likeness (QED) is 0.578. The zero-order valence-corrected chi connectivity index (χ0v) is 9.25. The minimum Gasteiger partial charge on any atom is -0.106 e. The van der Waals surface area contributed by atoms with Crippen LogP contribution in [-0.2, 0) is 0 Å². The molecule has 0 atom stereocenters. The molecule has 0 saturated heterocycles. The molecule has 0 nitrogen and oxygen atoms in total. The highest BCUT2D eigenvalue weighted by Gasteiger charge is 2.17. The lowest BCUT2D eigenvalue weighted by Crippen LogP contribution is -2.24. The van der Waals surface area contributed by atoms with E-state index in [1.54, 1.807) is 0 Å². The predicted octanol–water partition coefficient (Wildman–Crippen LogP) is 3.51. The number of hydrogen-bond acceptors (Lipinski definition) is 0. The second kappa shape index (κ2) is 5.78. The highest BCUT2D eigenvalue weighted by Crippen LogP contribution is 2.10. The molecule has 0 aliphatic heterocycles. The molecular formula is C11H18Si. The van der Waals surface area contributed by atoms with Gasteiger partial charge in [-0.1, -0.05) is 41.0 Å². The Morgan fingerprint density at radius 1 is 0.833 bits per heavy atom. The van der Waals surface area contributed by atoms with Gasteiger partial charge in [-0.15, -0.1) is 6.58 Å². The van der Waals surface area contributed by atoms with Crippen LogP contribution in [0.2, 0.25) is 0 Å². The lowest BCUT2D eigenvalue weighted by Gasteiger charge is -2.14. The van der Waals surface area contributed by atoms with E-state index in [4.69, 9.17) is 0 Å². The normalized spacial score (nSPS) is 13.6. The highest BCUT2D eigenvalue weighted by molar-refractivity contribution is 6.97. The molecule has 0 heterocycles. The van der Waals surface area contributed by atoms with Gasteiger partial charge in [0.1, 0.15) is 8.07 Å². The van der Waals surface area contributed by atoms with Crippen molar-refractivity contribution in [3.05, 3.63) is 47.6 Å². The minimum absolute atomic E-state index is 1.55. The highest BCUT2D eigenvalue weighted by atomic mass is 28.3. The summed E-state index contributed by atoms with van der Waals surface area (Å²) in [6.07, 6.45) is 6.32. The molecule has 0 fully saturated rings. The van der Waals surface area contributed by atoms with Crippen molar-refractivity contribution in [2.24, 2.45) is 0 Å². The smallest absolute Gasteiger partial charge is 0.106 e. The van der Waals surface area contributed by atoms with Crippen LogP contribution in [0.1, 0.15) is 20.8 Å². The van der Waals surface area contributed by atoms with E-state index in [9.17, 15) is 0 Å². The van der Waals surface area contributed by atoms with Crippen molar-refractivity contribution >= 4 is 8.07 Å². The molecule has 0 aromatic carbocycles. The summed E-state index contributed by atoms with van der Waals surface area (Å²) < 4.78 is 0. The second-order valence-corrected chi connectivity index (χ2v) is 6.11. The molecule has 0 rings (SSSR count). The van der Waals surface area contributed by atoms with E-state index < -0.39 is 8.07 Å². The van der Waals surface area contributed by atoms with E-state index >= 15 is 0 Å². The average Bonchev–Trinajstić information content (AvgIpc) is 2.06. The van der Waals surface area contributed by atoms with E-state index in [0.717, 1.165) is 0 Å². The van der Waals surface area contributed by atoms with E-state index in [1.165, 1.54) is 0 Å². The molecule has 0 unspecified atom stereocenters. The Kier molecular flexibility index (Phi) is 5.38. The lowest BCUT2D eigenvalue weighted by molar-refractivity contribution is 1.71. The van der Waals surface area contributed by atoms with Crippen LogP contribution in [0, 0.1) is 0 Å². The fourth-order valence-corrected chi connectivity index (χ4v) is 3.71. The van der Waals surface area contributed by atoms with Crippen molar-refractivity contribution < 1.29 is 0 Å². The van der Waals surface area contributed by atoms with Crippen molar-refractivity contribution in [2.75, 3.05) is 0 Å². The Balaban J connectivity index is 4.87. The first kappa shape index (κ1) is 11.2. The van der Waals surface area contributed by atoms with E-state index in [-0.39, 0.29) is 0 Å². The van der Waals surface area contributed by atoms with Crippen LogP contribution >= 0.6 is 0 Å². The van der Waals surface area contributed by atoms with Gasteiger partial charge in [0.05, 0.1) is 0 Å². The molecule has 0 bridgehead atoms. The summed E-state index contributed by atoms with van der Waals surface area (Å²) in [6, 6.07) is 0. The average molecular weight is 178 g/mol. The molecule has 0 amide bonds. The summed E-state index contributed by atoms with van der Waals surface area (Å²) >= 11 is 0. The summed E-state index contributed by atoms with van der Waals surface area (Å²) in [5.74, 6) is 0. The lowest BCUT2D eigenvalue weighted by atomic mass is 10.8. The third-order valence-electron chi connectivity index (χ3n) is 1.72. The Hall–Kier alpha value is -0.823. The van der Waals surface area contributed by atoms with Crippen molar-refractivity contribution in [1.82, 2.24) is 0 Å². The Morgan fingerprint density at radius 2 is 1.17 bits per heavy atom. The summed E-state index contributed by atoms with van der Waals surface area (Å²) in [5.41, 5.74) is 8.87. The van der Waals surface area contributed by atoms with Gasteiger partial charge in [-0.2, -0.15) is 0 Å². The summed E-state index contributed by atoms with van der Waals surface area (Å²) in [6.45, 7) is 10.1. The standard InChI is InChI=1S/C11H18Si/c1-5-9-12(8-4,10-6-2)11-7-3/h5-11H,4H2,1-3H3/b9-5-,10-6-,11-7-. The molecule has 0 spiro atoms. The third kappa shape index (κ3) is 3.05. The van der Waals surface area contributed by atoms with Crippen molar-refractivity contribution in [1.29, 1.82) is 0 Å². The Bertz CT molecular complexity index is 178. The summed E-state index contributed by atoms with van der Waals surface area (Å²) in [5, 5.41) is 0. The molecule has 66 valence electrons. The molecule has 0 aromatic heterocycles. The van der Waals surface area contributed by atoms with Gasteiger partial charge in [0.15, 0.2) is 0 Å². The first-order valence-electron chi connectivity index (χ1n) is 4.29. The predicted molar refractivity (Wildman–Crippen MR) is 60.4 cm³/mol. The van der Waals surface area contributed by atoms with Crippen molar-refractivity contribution in [3.8, 4) is 0 Å².